The van der Waals surface area contributed by atoms with Crippen molar-refractivity contribution in [3.8, 4) is 5.75 Å². The molecule has 3 aromatic carbocycles. The fraction of sp³-hybridized carbons (Fsp3) is 0.424. The number of carbonyl (C=O) groups excluding carboxylic acids is 3. The van der Waals surface area contributed by atoms with Crippen LogP contribution in [-0.2, 0) is 14.3 Å². The van der Waals surface area contributed by atoms with Crippen LogP contribution in [0.15, 0.2) is 66.7 Å². The number of nitrogens with zero attached hydrogens (tertiary/aromatic N) is 1. The van der Waals surface area contributed by atoms with Gasteiger partial charge in [0.25, 0.3) is 5.91 Å². The maximum absolute atomic E-state index is 14.1. The van der Waals surface area contributed by atoms with Crippen molar-refractivity contribution < 1.29 is 24.2 Å². The highest BCUT2D eigenvalue weighted by molar-refractivity contribution is 7.80. The second kappa shape index (κ2) is 15.5. The molecule has 3 amide bonds. The number of rotatable bonds is 13. The third kappa shape index (κ3) is 9.41. The first-order chi connectivity index (χ1) is 20.0. The first kappa shape index (κ1) is 32.8. The molecule has 3 rings (SSSR count). The number of unbranched alkanes of at least 4 members (excludes halogenated alkanes) is 4. The van der Waals surface area contributed by atoms with Crippen LogP contribution >= 0.6 is 12.6 Å². The summed E-state index contributed by atoms with van der Waals surface area (Å²) in [5.74, 6) is -1.09. The zero-order valence-electron chi connectivity index (χ0n) is 24.9. The summed E-state index contributed by atoms with van der Waals surface area (Å²) in [6, 6.07) is 17.7. The Kier molecular flexibility index (Phi) is 12.1. The van der Waals surface area contributed by atoms with E-state index >= 15 is 0 Å². The van der Waals surface area contributed by atoms with Gasteiger partial charge in [-0.2, -0.15) is 12.6 Å². The molecular weight excluding hydrogens is 550 g/mol. The molecule has 2 unspecified atom stereocenters. The topological polar surface area (TPSA) is 108 Å². The predicted molar refractivity (Wildman–Crippen MR) is 171 cm³/mol. The number of phenols is 1. The Balaban J connectivity index is 1.99. The number of benzene rings is 3. The summed E-state index contributed by atoms with van der Waals surface area (Å²) in [6.45, 7) is 7.57. The molecule has 226 valence electrons. The van der Waals surface area contributed by atoms with E-state index in [1.165, 1.54) is 11.0 Å². The van der Waals surface area contributed by atoms with Gasteiger partial charge in [0, 0.05) is 23.5 Å². The van der Waals surface area contributed by atoms with E-state index in [2.05, 4.69) is 30.2 Å². The number of hydrogen-bond donors (Lipinski definition) is 4. The first-order valence-electron chi connectivity index (χ1n) is 14.5. The van der Waals surface area contributed by atoms with Crippen molar-refractivity contribution in [3.63, 3.8) is 0 Å². The molecule has 3 aromatic rings. The zero-order chi connectivity index (χ0) is 30.7. The van der Waals surface area contributed by atoms with Gasteiger partial charge >= 0.3 is 6.09 Å². The number of fused-ring (bicyclic) bond motifs is 1. The minimum Gasteiger partial charge on any atom is -0.508 e. The Morgan fingerprint density at radius 1 is 0.929 bits per heavy atom. The maximum atomic E-state index is 14.1. The fourth-order valence-corrected chi connectivity index (χ4v) is 4.98. The molecule has 8 nitrogen and oxygen atoms in total. The summed E-state index contributed by atoms with van der Waals surface area (Å²) in [4.78, 5) is 42.2. The number of para-hydroxylation sites is 1. The van der Waals surface area contributed by atoms with Crippen molar-refractivity contribution in [2.75, 3.05) is 17.6 Å². The SMILES string of the molecule is CCCCCCCN(C(=O)C(CS)NC(=O)OC(C)(C)C)C(C(=O)Nc1ccc2ccccc2c1)c1ccccc1O. The number of amides is 3. The molecule has 3 N–H and O–H groups in total. The second-order valence-corrected chi connectivity index (χ2v) is 11.7. The quantitative estimate of drug-likeness (QED) is 0.128. The van der Waals surface area contributed by atoms with Gasteiger partial charge in [-0.25, -0.2) is 4.79 Å². The Morgan fingerprint density at radius 2 is 1.60 bits per heavy atom. The van der Waals surface area contributed by atoms with Crippen molar-refractivity contribution in [1.29, 1.82) is 0 Å². The molecule has 0 heterocycles. The molecular formula is C33H43N3O5S. The monoisotopic (exact) mass is 593 g/mol. The van der Waals surface area contributed by atoms with E-state index in [1.807, 2.05) is 36.4 Å². The highest BCUT2D eigenvalue weighted by Crippen LogP contribution is 2.31. The van der Waals surface area contributed by atoms with Gasteiger partial charge in [-0.3, -0.25) is 9.59 Å². The summed E-state index contributed by atoms with van der Waals surface area (Å²) in [7, 11) is 0. The number of phenolic OH excluding ortho intramolecular Hbond substituents is 1. The van der Waals surface area contributed by atoms with Gasteiger partial charge in [0.2, 0.25) is 5.91 Å². The molecule has 2 atom stereocenters. The van der Waals surface area contributed by atoms with Gasteiger partial charge in [-0.1, -0.05) is 81.1 Å². The highest BCUT2D eigenvalue weighted by atomic mass is 32.1. The molecule has 0 aliphatic rings. The van der Waals surface area contributed by atoms with Gasteiger partial charge < -0.3 is 25.4 Å². The number of anilines is 1. The van der Waals surface area contributed by atoms with Crippen molar-refractivity contribution in [2.45, 2.75) is 77.5 Å². The van der Waals surface area contributed by atoms with Crippen molar-refractivity contribution in [3.05, 3.63) is 72.3 Å². The smallest absolute Gasteiger partial charge is 0.408 e. The average Bonchev–Trinajstić information content (AvgIpc) is 2.94. The highest BCUT2D eigenvalue weighted by Gasteiger charge is 2.37. The number of ether oxygens (including phenoxy) is 1. The summed E-state index contributed by atoms with van der Waals surface area (Å²) >= 11 is 4.35. The lowest BCUT2D eigenvalue weighted by Crippen LogP contribution is -2.53. The third-order valence-electron chi connectivity index (χ3n) is 6.77. The number of nitrogens with one attached hydrogen (secondary N) is 2. The molecule has 0 saturated carbocycles. The lowest BCUT2D eigenvalue weighted by atomic mass is 10.0. The molecule has 0 bridgehead atoms. The second-order valence-electron chi connectivity index (χ2n) is 11.3. The van der Waals surface area contributed by atoms with E-state index in [0.29, 0.717) is 12.1 Å². The molecule has 0 aromatic heterocycles. The van der Waals surface area contributed by atoms with Crippen LogP contribution in [0.1, 0.15) is 71.4 Å². The molecule has 0 radical (unpaired) electrons. The van der Waals surface area contributed by atoms with Crippen LogP contribution in [0.5, 0.6) is 5.75 Å². The van der Waals surface area contributed by atoms with Crippen molar-refractivity contribution in [2.24, 2.45) is 0 Å². The summed E-state index contributed by atoms with van der Waals surface area (Å²) < 4.78 is 5.38. The van der Waals surface area contributed by atoms with E-state index < -0.39 is 35.6 Å². The Bertz CT molecular complexity index is 1360. The van der Waals surface area contributed by atoms with E-state index in [9.17, 15) is 19.5 Å². The molecule has 0 aliphatic carbocycles. The Morgan fingerprint density at radius 3 is 2.26 bits per heavy atom. The van der Waals surface area contributed by atoms with E-state index in [1.54, 1.807) is 45.0 Å². The van der Waals surface area contributed by atoms with Crippen molar-refractivity contribution in [1.82, 2.24) is 10.2 Å². The molecule has 42 heavy (non-hydrogen) atoms. The maximum Gasteiger partial charge on any atom is 0.408 e. The van der Waals surface area contributed by atoms with E-state index in [4.69, 9.17) is 4.74 Å². The Labute approximate surface area is 254 Å². The largest absolute Gasteiger partial charge is 0.508 e. The van der Waals surface area contributed by atoms with E-state index in [-0.39, 0.29) is 23.6 Å². The molecule has 0 fully saturated rings. The summed E-state index contributed by atoms with van der Waals surface area (Å²) in [5.41, 5.74) is 0.0886. The lowest BCUT2D eigenvalue weighted by Gasteiger charge is -2.34. The number of aromatic hydroxyl groups is 1. The van der Waals surface area contributed by atoms with Crippen molar-refractivity contribution >= 4 is 47.0 Å². The molecule has 0 aliphatic heterocycles. The van der Waals surface area contributed by atoms with Gasteiger partial charge in [-0.15, -0.1) is 0 Å². The van der Waals surface area contributed by atoms with Crippen LogP contribution in [-0.4, -0.2) is 51.9 Å². The average molecular weight is 594 g/mol. The number of thiol groups is 1. The van der Waals surface area contributed by atoms with Gasteiger partial charge in [0.1, 0.15) is 23.4 Å². The van der Waals surface area contributed by atoms with Crippen LogP contribution in [0, 0.1) is 0 Å². The van der Waals surface area contributed by atoms with Gasteiger partial charge in [-0.05, 0) is 56.2 Å². The standard InChI is InChI=1S/C33H43N3O5S/c1-5-6-7-8-13-20-36(31(39)27(22-42)35-32(40)41-33(2,3)4)29(26-16-11-12-17-28(26)37)30(38)34-25-19-18-23-14-9-10-15-24(23)21-25/h9-12,14-19,21,27,29,37,42H,5-8,13,20,22H2,1-4H3,(H,34,38)(H,35,40). The summed E-state index contributed by atoms with van der Waals surface area (Å²) in [5, 5.41) is 18.4. The van der Waals surface area contributed by atoms with Gasteiger partial charge in [0.05, 0.1) is 0 Å². The minimum atomic E-state index is -1.17. The number of hydrogen-bond acceptors (Lipinski definition) is 6. The molecule has 9 heteroatoms. The van der Waals surface area contributed by atoms with Gasteiger partial charge in [0.15, 0.2) is 0 Å². The van der Waals surface area contributed by atoms with Crippen LogP contribution in [0.4, 0.5) is 10.5 Å². The number of carbonyl (C=O) groups is 3. The summed E-state index contributed by atoms with van der Waals surface area (Å²) in [6.07, 6.45) is 3.89. The van der Waals surface area contributed by atoms with Crippen LogP contribution in [0.25, 0.3) is 10.8 Å². The predicted octanol–water partition coefficient (Wildman–Crippen LogP) is 6.85. The van der Waals surface area contributed by atoms with E-state index in [0.717, 1.165) is 36.5 Å². The normalized spacial score (nSPS) is 12.8. The lowest BCUT2D eigenvalue weighted by molar-refractivity contribution is -0.140. The third-order valence-corrected chi connectivity index (χ3v) is 7.13. The van der Waals surface area contributed by atoms with Crippen LogP contribution < -0.4 is 10.6 Å². The minimum absolute atomic E-state index is 0.00973. The first-order valence-corrected chi connectivity index (χ1v) is 15.2. The van der Waals surface area contributed by atoms with Crippen LogP contribution in [0.2, 0.25) is 0 Å². The number of alkyl carbamates (subject to hydrolysis) is 1. The molecule has 0 saturated heterocycles. The Hall–Kier alpha value is -3.72. The molecule has 0 spiro atoms. The zero-order valence-corrected chi connectivity index (χ0v) is 25.8. The van der Waals surface area contributed by atoms with Crippen LogP contribution in [0.3, 0.4) is 0 Å². The fourth-order valence-electron chi connectivity index (χ4n) is 4.73.